The molecule has 0 spiro atoms. The third-order valence-corrected chi connectivity index (χ3v) is 4.18. The summed E-state index contributed by atoms with van der Waals surface area (Å²) in [5, 5.41) is 7.15. The minimum absolute atomic E-state index is 0.0588. The molecule has 2 aromatic heterocycles. The second-order valence-electron chi connectivity index (χ2n) is 6.12. The van der Waals surface area contributed by atoms with Crippen LogP contribution in [-0.2, 0) is 11.8 Å². The number of nitrogens with zero attached hydrogens (tertiary/aromatic N) is 5. The van der Waals surface area contributed by atoms with E-state index in [9.17, 15) is 9.18 Å². The molecule has 1 unspecified atom stereocenters. The summed E-state index contributed by atoms with van der Waals surface area (Å²) in [5.74, 6) is 0.650. The second-order valence-corrected chi connectivity index (χ2v) is 6.12. The molecule has 1 saturated heterocycles. The van der Waals surface area contributed by atoms with E-state index in [1.807, 2.05) is 0 Å². The van der Waals surface area contributed by atoms with Gasteiger partial charge < -0.3 is 15.0 Å². The van der Waals surface area contributed by atoms with Crippen LogP contribution in [0.2, 0.25) is 0 Å². The van der Waals surface area contributed by atoms with Crippen molar-refractivity contribution in [3.05, 3.63) is 54.7 Å². The summed E-state index contributed by atoms with van der Waals surface area (Å²) in [6.45, 7) is 0.591. The van der Waals surface area contributed by atoms with E-state index in [4.69, 9.17) is 4.74 Å². The van der Waals surface area contributed by atoms with Gasteiger partial charge in [-0.1, -0.05) is 0 Å². The first kappa shape index (κ1) is 17.0. The van der Waals surface area contributed by atoms with Crippen LogP contribution in [0.1, 0.15) is 6.42 Å². The van der Waals surface area contributed by atoms with Crippen molar-refractivity contribution in [2.45, 2.75) is 12.5 Å². The van der Waals surface area contributed by atoms with Crippen LogP contribution >= 0.6 is 0 Å². The molecule has 1 aliphatic heterocycles. The SMILES string of the molecule is Cn1cc(N2CCC(Nc3nccc(Oc4ccc(F)cc4)n3)C2=O)cn1. The van der Waals surface area contributed by atoms with E-state index in [1.54, 1.807) is 35.1 Å². The number of aromatic nitrogens is 4. The number of halogens is 1. The Morgan fingerprint density at radius 3 is 2.81 bits per heavy atom. The zero-order valence-electron chi connectivity index (χ0n) is 14.5. The largest absolute Gasteiger partial charge is 0.439 e. The van der Waals surface area contributed by atoms with Crippen molar-refractivity contribution in [1.82, 2.24) is 19.7 Å². The number of carbonyl (C=O) groups is 1. The fourth-order valence-corrected chi connectivity index (χ4v) is 2.87. The van der Waals surface area contributed by atoms with Gasteiger partial charge in [-0.15, -0.1) is 0 Å². The van der Waals surface area contributed by atoms with Crippen LogP contribution in [0, 0.1) is 5.82 Å². The smallest absolute Gasteiger partial charge is 0.249 e. The van der Waals surface area contributed by atoms with Crippen molar-refractivity contribution in [3.8, 4) is 11.6 Å². The number of ether oxygens (including phenoxy) is 1. The lowest BCUT2D eigenvalue weighted by atomic mass is 10.2. The Labute approximate surface area is 154 Å². The molecule has 1 N–H and O–H groups in total. The van der Waals surface area contributed by atoms with Crippen LogP contribution in [0.3, 0.4) is 0 Å². The average Bonchev–Trinajstić information content (AvgIpc) is 3.24. The Bertz CT molecular complexity index is 958. The van der Waals surface area contributed by atoms with E-state index in [-0.39, 0.29) is 11.7 Å². The van der Waals surface area contributed by atoms with Crippen LogP contribution in [0.5, 0.6) is 11.6 Å². The van der Waals surface area contributed by atoms with Gasteiger partial charge in [0.2, 0.25) is 17.7 Å². The van der Waals surface area contributed by atoms with E-state index in [0.717, 1.165) is 5.69 Å². The number of amides is 1. The zero-order chi connectivity index (χ0) is 18.8. The summed E-state index contributed by atoms with van der Waals surface area (Å²) < 4.78 is 20.2. The quantitative estimate of drug-likeness (QED) is 0.744. The summed E-state index contributed by atoms with van der Waals surface area (Å²) in [6, 6.07) is 6.80. The predicted molar refractivity (Wildman–Crippen MR) is 96.1 cm³/mol. The second kappa shape index (κ2) is 7.02. The molecule has 0 aliphatic carbocycles. The average molecular weight is 368 g/mol. The minimum Gasteiger partial charge on any atom is -0.439 e. The normalized spacial score (nSPS) is 16.6. The number of hydrogen-bond donors (Lipinski definition) is 1. The number of benzene rings is 1. The van der Waals surface area contributed by atoms with E-state index >= 15 is 0 Å². The van der Waals surface area contributed by atoms with Gasteiger partial charge in [0.15, 0.2) is 0 Å². The molecule has 1 aliphatic rings. The Morgan fingerprint density at radius 2 is 2.07 bits per heavy atom. The Kier molecular flexibility index (Phi) is 4.41. The van der Waals surface area contributed by atoms with Crippen molar-refractivity contribution >= 4 is 17.5 Å². The molecule has 0 saturated carbocycles. The predicted octanol–water partition coefficient (Wildman–Crippen LogP) is 2.36. The molecule has 138 valence electrons. The molecule has 3 heterocycles. The van der Waals surface area contributed by atoms with E-state index < -0.39 is 6.04 Å². The maximum atomic E-state index is 13.0. The molecule has 0 radical (unpaired) electrons. The van der Waals surface area contributed by atoms with Gasteiger partial charge >= 0.3 is 0 Å². The van der Waals surface area contributed by atoms with Gasteiger partial charge in [-0.2, -0.15) is 10.1 Å². The van der Waals surface area contributed by atoms with E-state index in [1.165, 1.54) is 30.5 Å². The molecule has 1 atom stereocenters. The lowest BCUT2D eigenvalue weighted by molar-refractivity contribution is -0.117. The van der Waals surface area contributed by atoms with Gasteiger partial charge in [-0.3, -0.25) is 9.48 Å². The van der Waals surface area contributed by atoms with Gasteiger partial charge in [0.05, 0.1) is 11.9 Å². The first-order valence-corrected chi connectivity index (χ1v) is 8.41. The number of rotatable bonds is 5. The molecule has 9 heteroatoms. The maximum Gasteiger partial charge on any atom is 0.249 e. The lowest BCUT2D eigenvalue weighted by Gasteiger charge is -2.15. The van der Waals surface area contributed by atoms with Crippen LogP contribution < -0.4 is 15.0 Å². The van der Waals surface area contributed by atoms with Gasteiger partial charge in [0, 0.05) is 32.1 Å². The van der Waals surface area contributed by atoms with Crippen molar-refractivity contribution in [1.29, 1.82) is 0 Å². The molecule has 0 bridgehead atoms. The molecule has 3 aromatic rings. The Hall–Kier alpha value is -3.49. The summed E-state index contributed by atoms with van der Waals surface area (Å²) in [5.41, 5.74) is 0.765. The number of hydrogen-bond acceptors (Lipinski definition) is 6. The maximum absolute atomic E-state index is 13.0. The minimum atomic E-state index is -0.425. The molecule has 8 nitrogen and oxygen atoms in total. The number of aryl methyl sites for hydroxylation is 1. The van der Waals surface area contributed by atoms with E-state index in [0.29, 0.717) is 30.5 Å². The fourth-order valence-electron chi connectivity index (χ4n) is 2.87. The molecular weight excluding hydrogens is 351 g/mol. The van der Waals surface area contributed by atoms with Crippen LogP contribution in [-0.4, -0.2) is 38.2 Å². The van der Waals surface area contributed by atoms with Crippen molar-refractivity contribution < 1.29 is 13.9 Å². The summed E-state index contributed by atoms with van der Waals surface area (Å²) in [4.78, 5) is 22.7. The molecule has 27 heavy (non-hydrogen) atoms. The highest BCUT2D eigenvalue weighted by molar-refractivity contribution is 6.00. The van der Waals surface area contributed by atoms with Crippen LogP contribution in [0.15, 0.2) is 48.9 Å². The first-order valence-electron chi connectivity index (χ1n) is 8.41. The topological polar surface area (TPSA) is 85.2 Å². The first-order chi connectivity index (χ1) is 13.1. The molecule has 4 rings (SSSR count). The number of carbonyl (C=O) groups excluding carboxylic acids is 1. The third-order valence-electron chi connectivity index (χ3n) is 4.18. The van der Waals surface area contributed by atoms with Gasteiger partial charge in [0.1, 0.15) is 17.6 Å². The summed E-state index contributed by atoms with van der Waals surface area (Å²) in [7, 11) is 1.81. The number of anilines is 2. The standard InChI is InChI=1S/C18H17FN6O2/c1-24-11-13(10-21-24)25-9-7-15(17(25)26)22-18-20-8-6-16(23-18)27-14-4-2-12(19)3-5-14/h2-6,8,10-11,15H,7,9H2,1H3,(H,20,22,23). The fraction of sp³-hybridized carbons (Fsp3) is 0.222. The summed E-state index contributed by atoms with van der Waals surface area (Å²) in [6.07, 6.45) is 5.62. The van der Waals surface area contributed by atoms with Crippen molar-refractivity contribution in [3.63, 3.8) is 0 Å². The van der Waals surface area contributed by atoms with Crippen molar-refractivity contribution in [2.75, 3.05) is 16.8 Å². The highest BCUT2D eigenvalue weighted by Crippen LogP contribution is 2.24. The van der Waals surface area contributed by atoms with Crippen LogP contribution in [0.25, 0.3) is 0 Å². The highest BCUT2D eigenvalue weighted by atomic mass is 19.1. The Morgan fingerprint density at radius 1 is 1.26 bits per heavy atom. The number of nitrogens with one attached hydrogen (secondary N) is 1. The van der Waals surface area contributed by atoms with E-state index in [2.05, 4.69) is 20.4 Å². The Balaban J connectivity index is 1.44. The van der Waals surface area contributed by atoms with Gasteiger partial charge in [0.25, 0.3) is 0 Å². The van der Waals surface area contributed by atoms with Crippen LogP contribution in [0.4, 0.5) is 16.0 Å². The van der Waals surface area contributed by atoms with Crippen molar-refractivity contribution in [2.24, 2.45) is 7.05 Å². The molecule has 1 amide bonds. The zero-order valence-corrected chi connectivity index (χ0v) is 14.5. The third kappa shape index (κ3) is 3.71. The van der Waals surface area contributed by atoms with Gasteiger partial charge in [-0.05, 0) is 30.7 Å². The molecule has 1 aromatic carbocycles. The highest BCUT2D eigenvalue weighted by Gasteiger charge is 2.33. The monoisotopic (exact) mass is 368 g/mol. The lowest BCUT2D eigenvalue weighted by Crippen LogP contribution is -2.33. The summed E-state index contributed by atoms with van der Waals surface area (Å²) >= 11 is 0. The molecule has 1 fully saturated rings. The molecular formula is C18H17FN6O2. The van der Waals surface area contributed by atoms with Gasteiger partial charge in [-0.25, -0.2) is 9.37 Å².